The summed E-state index contributed by atoms with van der Waals surface area (Å²) < 4.78 is 17.1. The van der Waals surface area contributed by atoms with Gasteiger partial charge in [0.25, 0.3) is 5.91 Å². The van der Waals surface area contributed by atoms with Gasteiger partial charge in [-0.2, -0.15) is 15.1 Å². The van der Waals surface area contributed by atoms with Gasteiger partial charge >= 0.3 is 0 Å². The highest BCUT2D eigenvalue weighted by molar-refractivity contribution is 8.26. The Morgan fingerprint density at radius 1 is 0.974 bits per heavy atom. The Balaban J connectivity index is 1.25. The number of thioether (sulfide) groups is 1. The Hall–Kier alpha value is -4.37. The van der Waals surface area contributed by atoms with E-state index in [1.165, 1.54) is 22.3 Å². The molecule has 0 atom stereocenters. The summed E-state index contributed by atoms with van der Waals surface area (Å²) in [5, 5.41) is 15.8. The molecule has 2 aliphatic rings. The number of fused-ring (bicyclic) bond motifs is 1. The number of hydrogen-bond acceptors (Lipinski definition) is 7. The molecule has 3 aromatic rings. The molecule has 0 unspecified atom stereocenters. The first kappa shape index (κ1) is 25.3. The largest absolute Gasteiger partial charge is 0.493 e. The molecule has 5 rings (SSSR count). The predicted octanol–water partition coefficient (Wildman–Crippen LogP) is 5.32. The molecular formula is C29H26N4O4S. The van der Waals surface area contributed by atoms with Crippen LogP contribution in [-0.4, -0.2) is 47.3 Å². The van der Waals surface area contributed by atoms with Crippen LogP contribution < -0.4 is 14.2 Å². The van der Waals surface area contributed by atoms with Crippen molar-refractivity contribution in [2.45, 2.75) is 13.3 Å². The van der Waals surface area contributed by atoms with E-state index in [2.05, 4.69) is 10.1 Å². The summed E-state index contributed by atoms with van der Waals surface area (Å²) in [4.78, 5) is 17.0. The van der Waals surface area contributed by atoms with E-state index in [-0.39, 0.29) is 11.4 Å². The number of hydrogen-bond donors (Lipinski definition) is 1. The second kappa shape index (κ2) is 11.4. The first-order valence-electron chi connectivity index (χ1n) is 12.0. The maximum absolute atomic E-state index is 12.8. The summed E-state index contributed by atoms with van der Waals surface area (Å²) in [6.45, 7) is 2.74. The lowest BCUT2D eigenvalue weighted by Crippen LogP contribution is -2.35. The number of benzene rings is 3. The van der Waals surface area contributed by atoms with E-state index in [1.807, 2.05) is 61.5 Å². The smallest absolute Gasteiger partial charge is 0.283 e. The van der Waals surface area contributed by atoms with Gasteiger partial charge < -0.3 is 14.2 Å². The molecule has 0 fully saturated rings. The minimum atomic E-state index is -0.475. The van der Waals surface area contributed by atoms with Crippen LogP contribution in [0, 0.1) is 12.3 Å². The lowest BCUT2D eigenvalue weighted by molar-refractivity contribution is -0.114. The summed E-state index contributed by atoms with van der Waals surface area (Å²) in [7, 11) is 1.55. The average molecular weight is 527 g/mol. The Kier molecular flexibility index (Phi) is 7.55. The number of aryl methyl sites for hydroxylation is 1. The topological polar surface area (TPSA) is 96.6 Å². The number of ether oxygens (including phenoxy) is 3. The normalized spacial score (nSPS) is 15.7. The first-order valence-corrected chi connectivity index (χ1v) is 12.8. The second-order valence-electron chi connectivity index (χ2n) is 8.60. The van der Waals surface area contributed by atoms with Crippen LogP contribution in [0.5, 0.6) is 17.2 Å². The van der Waals surface area contributed by atoms with Crippen LogP contribution in [0.3, 0.4) is 0 Å². The van der Waals surface area contributed by atoms with Crippen molar-refractivity contribution in [2.24, 2.45) is 10.1 Å². The molecule has 0 saturated heterocycles. The van der Waals surface area contributed by atoms with E-state index in [0.717, 1.165) is 16.4 Å². The first-order chi connectivity index (χ1) is 18.5. The minimum absolute atomic E-state index is 0.0110. The number of hydrazone groups is 1. The molecule has 0 radical (unpaired) electrons. The molecule has 0 aromatic heterocycles. The van der Waals surface area contributed by atoms with Crippen molar-refractivity contribution >= 4 is 39.8 Å². The van der Waals surface area contributed by atoms with Gasteiger partial charge in [0, 0.05) is 6.42 Å². The van der Waals surface area contributed by atoms with Crippen molar-refractivity contribution in [2.75, 3.05) is 20.3 Å². The number of aliphatic imine (C=N–C) groups is 1. The third-order valence-corrected chi connectivity index (χ3v) is 6.73. The third-order valence-electron chi connectivity index (χ3n) is 5.82. The number of amides is 1. The molecule has 8 nitrogen and oxygen atoms in total. The van der Waals surface area contributed by atoms with Crippen LogP contribution in [0.1, 0.15) is 16.7 Å². The summed E-state index contributed by atoms with van der Waals surface area (Å²) in [6, 6.07) is 23.1. The molecule has 38 heavy (non-hydrogen) atoms. The number of nitrogens with one attached hydrogen (secondary N) is 1. The van der Waals surface area contributed by atoms with Crippen molar-refractivity contribution in [3.05, 3.63) is 95.1 Å². The van der Waals surface area contributed by atoms with Crippen LogP contribution in [0.15, 0.2) is 88.5 Å². The summed E-state index contributed by atoms with van der Waals surface area (Å²) in [5.41, 5.74) is 3.10. The van der Waals surface area contributed by atoms with Crippen molar-refractivity contribution in [1.82, 2.24) is 5.01 Å². The molecule has 0 aliphatic carbocycles. The van der Waals surface area contributed by atoms with Gasteiger partial charge in [-0.3, -0.25) is 10.2 Å². The van der Waals surface area contributed by atoms with E-state index in [0.29, 0.717) is 41.9 Å². The van der Waals surface area contributed by atoms with E-state index in [4.69, 9.17) is 19.6 Å². The summed E-state index contributed by atoms with van der Waals surface area (Å²) >= 11 is 1.31. The molecule has 0 spiro atoms. The zero-order chi connectivity index (χ0) is 26.5. The lowest BCUT2D eigenvalue weighted by atomic mass is 10.1. The molecule has 2 aliphatic heterocycles. The van der Waals surface area contributed by atoms with Gasteiger partial charge in [-0.05, 0) is 60.2 Å². The molecule has 3 aromatic carbocycles. The van der Waals surface area contributed by atoms with E-state index in [1.54, 1.807) is 31.4 Å². The lowest BCUT2D eigenvalue weighted by Gasteiger charge is -2.20. The SMILES string of the molecule is COc1cc(C=C2C(=N)N3N=C(Cc4ccccc4)SC3=NC2=O)ccc1OCCOc1ccc(C)cc1. The van der Waals surface area contributed by atoms with Crippen LogP contribution in [-0.2, 0) is 11.2 Å². The van der Waals surface area contributed by atoms with Gasteiger partial charge in [-0.25, -0.2) is 0 Å². The van der Waals surface area contributed by atoms with Gasteiger partial charge in [-0.15, -0.1) is 0 Å². The molecular weight excluding hydrogens is 500 g/mol. The van der Waals surface area contributed by atoms with Gasteiger partial charge in [0.2, 0.25) is 5.17 Å². The summed E-state index contributed by atoms with van der Waals surface area (Å²) in [5.74, 6) is 1.36. The van der Waals surface area contributed by atoms with Crippen molar-refractivity contribution < 1.29 is 19.0 Å². The van der Waals surface area contributed by atoms with Crippen LogP contribution in [0.2, 0.25) is 0 Å². The van der Waals surface area contributed by atoms with Crippen molar-refractivity contribution in [3.63, 3.8) is 0 Å². The van der Waals surface area contributed by atoms with Gasteiger partial charge in [-0.1, -0.05) is 54.1 Å². The number of rotatable bonds is 9. The fourth-order valence-electron chi connectivity index (χ4n) is 3.88. The minimum Gasteiger partial charge on any atom is -0.493 e. The third kappa shape index (κ3) is 5.78. The van der Waals surface area contributed by atoms with Crippen LogP contribution in [0.25, 0.3) is 6.08 Å². The zero-order valence-corrected chi connectivity index (χ0v) is 21.8. The van der Waals surface area contributed by atoms with Gasteiger partial charge in [0.05, 0.1) is 12.7 Å². The molecule has 192 valence electrons. The number of methoxy groups -OCH3 is 1. The predicted molar refractivity (Wildman–Crippen MR) is 150 cm³/mol. The van der Waals surface area contributed by atoms with Crippen LogP contribution >= 0.6 is 11.8 Å². The highest BCUT2D eigenvalue weighted by Gasteiger charge is 2.35. The molecule has 0 bridgehead atoms. The van der Waals surface area contributed by atoms with Gasteiger partial charge in [0.1, 0.15) is 24.0 Å². The molecule has 9 heteroatoms. The van der Waals surface area contributed by atoms with E-state index in [9.17, 15) is 4.79 Å². The molecule has 0 saturated carbocycles. The fourth-order valence-corrected chi connectivity index (χ4v) is 4.80. The summed E-state index contributed by atoms with van der Waals surface area (Å²) in [6.07, 6.45) is 2.23. The number of carbonyl (C=O) groups is 1. The quantitative estimate of drug-likeness (QED) is 0.299. The monoisotopic (exact) mass is 526 g/mol. The van der Waals surface area contributed by atoms with Crippen LogP contribution in [0.4, 0.5) is 0 Å². The second-order valence-corrected chi connectivity index (χ2v) is 9.64. The Labute approximate surface area is 225 Å². The number of amidine groups is 2. The molecule has 1 amide bonds. The maximum Gasteiger partial charge on any atom is 0.283 e. The highest BCUT2D eigenvalue weighted by atomic mass is 32.2. The van der Waals surface area contributed by atoms with Gasteiger partial charge in [0.15, 0.2) is 17.3 Å². The number of carbonyl (C=O) groups excluding carboxylic acids is 1. The molecule has 1 N–H and O–H groups in total. The number of nitrogens with zero attached hydrogens (tertiary/aromatic N) is 3. The zero-order valence-electron chi connectivity index (χ0n) is 21.0. The Bertz CT molecular complexity index is 1450. The van der Waals surface area contributed by atoms with E-state index >= 15 is 0 Å². The highest BCUT2D eigenvalue weighted by Crippen LogP contribution is 2.32. The van der Waals surface area contributed by atoms with Crippen molar-refractivity contribution in [1.29, 1.82) is 5.41 Å². The Morgan fingerprint density at radius 2 is 1.74 bits per heavy atom. The van der Waals surface area contributed by atoms with E-state index < -0.39 is 5.91 Å². The average Bonchev–Trinajstić information content (AvgIpc) is 3.33. The fraction of sp³-hybridized carbons (Fsp3) is 0.172. The standard InChI is InChI=1S/C29H26N4O4S/c1-19-8-11-22(12-9-19)36-14-15-37-24-13-10-21(17-25(24)35-2)16-23-27(30)33-29(31-28(23)34)38-26(32-33)18-20-6-4-3-5-7-20/h3-13,16-17,30H,14-15,18H2,1-2H3. The molecule has 2 heterocycles. The Morgan fingerprint density at radius 3 is 2.50 bits per heavy atom. The maximum atomic E-state index is 12.8. The van der Waals surface area contributed by atoms with Crippen molar-refractivity contribution in [3.8, 4) is 17.2 Å².